The van der Waals surface area contributed by atoms with Crippen molar-refractivity contribution in [2.24, 2.45) is 0 Å². The van der Waals surface area contributed by atoms with Crippen LogP contribution >= 0.6 is 0 Å². The Morgan fingerprint density at radius 2 is 1.79 bits per heavy atom. The number of hydrogen-bond acceptors (Lipinski definition) is 4. The Morgan fingerprint density at radius 1 is 1.00 bits per heavy atom. The van der Waals surface area contributed by atoms with Crippen LogP contribution in [0.2, 0.25) is 0 Å². The quantitative estimate of drug-likeness (QED) is 0.685. The van der Waals surface area contributed by atoms with Crippen LogP contribution in [-0.4, -0.2) is 15.1 Å². The summed E-state index contributed by atoms with van der Waals surface area (Å²) in [5.41, 5.74) is 2.94. The molecule has 0 bridgehead atoms. The van der Waals surface area contributed by atoms with E-state index in [9.17, 15) is 5.11 Å². The van der Waals surface area contributed by atoms with Crippen LogP contribution in [0.15, 0.2) is 48.8 Å². The largest absolute Gasteiger partial charge is 0.508 e. The first-order chi connectivity index (χ1) is 9.22. The Kier molecular flexibility index (Phi) is 2.76. The Morgan fingerprint density at radius 3 is 2.58 bits per heavy atom. The van der Waals surface area contributed by atoms with E-state index >= 15 is 0 Å². The van der Waals surface area contributed by atoms with Crippen LogP contribution in [0.1, 0.15) is 5.56 Å². The lowest BCUT2D eigenvalue weighted by Crippen LogP contribution is -1.96. The van der Waals surface area contributed by atoms with Crippen LogP contribution in [0.25, 0.3) is 10.9 Å². The maximum Gasteiger partial charge on any atom is 0.141 e. The lowest BCUT2D eigenvalue weighted by atomic mass is 10.1. The molecule has 1 aromatic heterocycles. The molecule has 0 fully saturated rings. The molecule has 2 aromatic carbocycles. The topological polar surface area (TPSA) is 58.0 Å². The molecule has 0 spiro atoms. The van der Waals surface area contributed by atoms with Gasteiger partial charge >= 0.3 is 0 Å². The van der Waals surface area contributed by atoms with Crippen LogP contribution < -0.4 is 5.32 Å². The summed E-state index contributed by atoms with van der Waals surface area (Å²) in [4.78, 5) is 8.53. The number of phenolic OH excluding ortho intramolecular Hbond substituents is 1. The predicted molar refractivity (Wildman–Crippen MR) is 75.7 cm³/mol. The first-order valence-corrected chi connectivity index (χ1v) is 6.00. The normalized spacial score (nSPS) is 10.6. The monoisotopic (exact) mass is 251 g/mol. The van der Waals surface area contributed by atoms with E-state index in [1.807, 2.05) is 19.1 Å². The molecular weight excluding hydrogens is 238 g/mol. The van der Waals surface area contributed by atoms with Crippen molar-refractivity contribution in [1.82, 2.24) is 9.97 Å². The summed E-state index contributed by atoms with van der Waals surface area (Å²) in [6, 6.07) is 12.9. The second-order valence-corrected chi connectivity index (χ2v) is 4.41. The van der Waals surface area contributed by atoms with Gasteiger partial charge < -0.3 is 10.4 Å². The van der Waals surface area contributed by atoms with Crippen LogP contribution in [-0.2, 0) is 0 Å². The highest BCUT2D eigenvalue weighted by atomic mass is 16.3. The summed E-state index contributed by atoms with van der Waals surface area (Å²) < 4.78 is 0. The van der Waals surface area contributed by atoms with Crippen molar-refractivity contribution in [2.45, 2.75) is 6.92 Å². The first-order valence-electron chi connectivity index (χ1n) is 6.00. The SMILES string of the molecule is Cc1ccc2ncnc(Nc3ccc(O)cc3)c2c1. The Balaban J connectivity index is 2.05. The van der Waals surface area contributed by atoms with Crippen molar-refractivity contribution in [2.75, 3.05) is 5.32 Å². The highest BCUT2D eigenvalue weighted by Crippen LogP contribution is 2.24. The van der Waals surface area contributed by atoms with Crippen molar-refractivity contribution >= 4 is 22.4 Å². The molecule has 0 aliphatic carbocycles. The van der Waals surface area contributed by atoms with Gasteiger partial charge in [0.2, 0.25) is 0 Å². The lowest BCUT2D eigenvalue weighted by molar-refractivity contribution is 0.475. The number of nitrogens with zero attached hydrogens (tertiary/aromatic N) is 2. The second-order valence-electron chi connectivity index (χ2n) is 4.41. The van der Waals surface area contributed by atoms with Gasteiger partial charge in [-0.1, -0.05) is 11.6 Å². The van der Waals surface area contributed by atoms with E-state index in [2.05, 4.69) is 21.4 Å². The first kappa shape index (κ1) is 11.5. The third-order valence-corrected chi connectivity index (χ3v) is 2.92. The van der Waals surface area contributed by atoms with Crippen molar-refractivity contribution in [3.05, 3.63) is 54.4 Å². The molecule has 3 rings (SSSR count). The molecular formula is C15H13N3O. The van der Waals surface area contributed by atoms with Gasteiger partial charge in [-0.15, -0.1) is 0 Å². The zero-order valence-corrected chi connectivity index (χ0v) is 10.5. The third kappa shape index (κ3) is 2.33. The Hall–Kier alpha value is -2.62. The highest BCUT2D eigenvalue weighted by molar-refractivity contribution is 5.91. The smallest absolute Gasteiger partial charge is 0.141 e. The van der Waals surface area contributed by atoms with E-state index in [4.69, 9.17) is 0 Å². The van der Waals surface area contributed by atoms with Gasteiger partial charge in [0.15, 0.2) is 0 Å². The summed E-state index contributed by atoms with van der Waals surface area (Å²) in [7, 11) is 0. The second kappa shape index (κ2) is 4.57. The molecule has 3 aromatic rings. The fourth-order valence-electron chi connectivity index (χ4n) is 1.95. The van der Waals surface area contributed by atoms with Gasteiger partial charge in [0.1, 0.15) is 17.9 Å². The van der Waals surface area contributed by atoms with Gasteiger partial charge in [0.25, 0.3) is 0 Å². The summed E-state index contributed by atoms with van der Waals surface area (Å²) in [6.07, 6.45) is 1.54. The molecule has 0 unspecified atom stereocenters. The van der Waals surface area contributed by atoms with E-state index in [1.54, 1.807) is 30.6 Å². The molecule has 0 aliphatic rings. The van der Waals surface area contributed by atoms with Crippen molar-refractivity contribution in [1.29, 1.82) is 0 Å². The molecule has 1 heterocycles. The van der Waals surface area contributed by atoms with E-state index in [0.29, 0.717) is 0 Å². The van der Waals surface area contributed by atoms with E-state index in [1.165, 1.54) is 0 Å². The van der Waals surface area contributed by atoms with Crippen LogP contribution in [0.3, 0.4) is 0 Å². The van der Waals surface area contributed by atoms with Gasteiger partial charge in [-0.25, -0.2) is 9.97 Å². The fraction of sp³-hybridized carbons (Fsp3) is 0.0667. The Labute approximate surface area is 110 Å². The van der Waals surface area contributed by atoms with Crippen molar-refractivity contribution < 1.29 is 5.11 Å². The number of anilines is 2. The summed E-state index contributed by atoms with van der Waals surface area (Å²) in [6.45, 7) is 2.04. The maximum atomic E-state index is 9.28. The van der Waals surface area contributed by atoms with E-state index in [-0.39, 0.29) is 5.75 Å². The van der Waals surface area contributed by atoms with Gasteiger partial charge in [-0.3, -0.25) is 0 Å². The maximum absolute atomic E-state index is 9.28. The molecule has 4 nitrogen and oxygen atoms in total. The average Bonchev–Trinajstić information content (AvgIpc) is 2.42. The van der Waals surface area contributed by atoms with Gasteiger partial charge in [0.05, 0.1) is 5.52 Å². The predicted octanol–water partition coefficient (Wildman–Crippen LogP) is 3.39. The zero-order valence-electron chi connectivity index (χ0n) is 10.5. The minimum atomic E-state index is 0.244. The third-order valence-electron chi connectivity index (χ3n) is 2.92. The summed E-state index contributed by atoms with van der Waals surface area (Å²) in [5, 5.41) is 13.5. The lowest BCUT2D eigenvalue weighted by Gasteiger charge is -2.08. The van der Waals surface area contributed by atoms with Gasteiger partial charge in [-0.05, 0) is 43.3 Å². The molecule has 4 heteroatoms. The number of benzene rings is 2. The number of phenols is 1. The van der Waals surface area contributed by atoms with E-state index < -0.39 is 0 Å². The number of aromatic hydroxyl groups is 1. The standard InChI is InChI=1S/C15H13N3O/c1-10-2-7-14-13(8-10)15(17-9-16-14)18-11-3-5-12(19)6-4-11/h2-9,19H,1H3,(H,16,17,18). The highest BCUT2D eigenvalue weighted by Gasteiger charge is 2.04. The number of rotatable bonds is 2. The van der Waals surface area contributed by atoms with Crippen LogP contribution in [0, 0.1) is 6.92 Å². The molecule has 0 saturated heterocycles. The number of fused-ring (bicyclic) bond motifs is 1. The molecule has 2 N–H and O–H groups in total. The Bertz CT molecular complexity index is 723. The van der Waals surface area contributed by atoms with Gasteiger partial charge in [-0.2, -0.15) is 0 Å². The summed E-state index contributed by atoms with van der Waals surface area (Å²) >= 11 is 0. The van der Waals surface area contributed by atoms with E-state index in [0.717, 1.165) is 28.0 Å². The number of nitrogens with one attached hydrogen (secondary N) is 1. The minimum absolute atomic E-state index is 0.244. The van der Waals surface area contributed by atoms with Gasteiger partial charge in [0, 0.05) is 11.1 Å². The summed E-state index contributed by atoms with van der Waals surface area (Å²) in [5.74, 6) is 1.01. The number of hydrogen-bond donors (Lipinski definition) is 2. The van der Waals surface area contributed by atoms with Crippen molar-refractivity contribution in [3.8, 4) is 5.75 Å². The molecule has 0 aliphatic heterocycles. The molecule has 94 valence electrons. The molecule has 0 amide bonds. The zero-order chi connectivity index (χ0) is 13.2. The number of aryl methyl sites for hydroxylation is 1. The fourth-order valence-corrected chi connectivity index (χ4v) is 1.95. The molecule has 0 atom stereocenters. The average molecular weight is 251 g/mol. The van der Waals surface area contributed by atoms with Crippen molar-refractivity contribution in [3.63, 3.8) is 0 Å². The van der Waals surface area contributed by atoms with Crippen LogP contribution in [0.4, 0.5) is 11.5 Å². The van der Waals surface area contributed by atoms with Crippen LogP contribution in [0.5, 0.6) is 5.75 Å². The minimum Gasteiger partial charge on any atom is -0.508 e. The molecule has 0 radical (unpaired) electrons. The number of aromatic nitrogens is 2. The molecule has 19 heavy (non-hydrogen) atoms. The molecule has 0 saturated carbocycles.